The summed E-state index contributed by atoms with van der Waals surface area (Å²) in [5.74, 6) is 0.564. The first-order valence-electron chi connectivity index (χ1n) is 6.49. The summed E-state index contributed by atoms with van der Waals surface area (Å²) < 4.78 is 13.8. The largest absolute Gasteiger partial charge is 0.383 e. The van der Waals surface area contributed by atoms with E-state index in [4.69, 9.17) is 0 Å². The number of nitrogens with one attached hydrogen (secondary N) is 2. The molecule has 0 radical (unpaired) electrons. The fraction of sp³-hybridized carbons (Fsp3) is 0.400. The zero-order valence-corrected chi connectivity index (χ0v) is 11.6. The highest BCUT2D eigenvalue weighted by Gasteiger charge is 2.15. The number of amidine groups is 1. The Morgan fingerprint density at radius 1 is 1.26 bits per heavy atom. The maximum absolute atomic E-state index is 13.8. The molecular weight excluding hydrogens is 241 g/mol. The van der Waals surface area contributed by atoms with Crippen molar-refractivity contribution in [3.8, 4) is 0 Å². The average molecular weight is 261 g/mol. The van der Waals surface area contributed by atoms with Crippen LogP contribution in [0.5, 0.6) is 0 Å². The first-order chi connectivity index (χ1) is 8.96. The number of benzene rings is 1. The van der Waals surface area contributed by atoms with Gasteiger partial charge in [-0.1, -0.05) is 12.1 Å². The van der Waals surface area contributed by atoms with Crippen molar-refractivity contribution in [3.05, 3.63) is 41.7 Å². The van der Waals surface area contributed by atoms with Crippen LogP contribution in [-0.2, 0) is 0 Å². The molecule has 0 saturated heterocycles. The van der Waals surface area contributed by atoms with Gasteiger partial charge in [0, 0.05) is 29.4 Å². The van der Waals surface area contributed by atoms with E-state index in [2.05, 4.69) is 36.4 Å². The molecule has 1 aromatic rings. The molecule has 2 rings (SSSR count). The van der Waals surface area contributed by atoms with Gasteiger partial charge >= 0.3 is 0 Å². The van der Waals surface area contributed by atoms with Crippen LogP contribution >= 0.6 is 0 Å². The van der Waals surface area contributed by atoms with Gasteiger partial charge < -0.3 is 10.6 Å². The van der Waals surface area contributed by atoms with Crippen molar-refractivity contribution < 1.29 is 4.39 Å². The molecule has 0 fully saturated rings. The van der Waals surface area contributed by atoms with Gasteiger partial charge in [0.2, 0.25) is 0 Å². The van der Waals surface area contributed by atoms with Crippen LogP contribution in [0, 0.1) is 5.82 Å². The topological polar surface area (TPSA) is 36.4 Å². The van der Waals surface area contributed by atoms with Crippen molar-refractivity contribution in [2.45, 2.75) is 26.3 Å². The van der Waals surface area contributed by atoms with E-state index in [1.807, 2.05) is 12.1 Å². The molecule has 0 bridgehead atoms. The second-order valence-corrected chi connectivity index (χ2v) is 5.61. The van der Waals surface area contributed by atoms with E-state index in [1.165, 1.54) is 6.07 Å². The quantitative estimate of drug-likeness (QED) is 0.815. The van der Waals surface area contributed by atoms with E-state index in [-0.39, 0.29) is 11.4 Å². The molecule has 102 valence electrons. The minimum absolute atomic E-state index is 0.0694. The number of hydrogen-bond donors (Lipinski definition) is 2. The Hall–Kier alpha value is -1.84. The molecule has 1 aliphatic rings. The molecule has 0 saturated carbocycles. The summed E-state index contributed by atoms with van der Waals surface area (Å²) in [5, 5.41) is 6.55. The Bertz CT molecular complexity index is 512. The van der Waals surface area contributed by atoms with Gasteiger partial charge in [-0.15, -0.1) is 0 Å². The highest BCUT2D eigenvalue weighted by atomic mass is 19.1. The molecule has 1 aromatic carbocycles. The van der Waals surface area contributed by atoms with Crippen LogP contribution < -0.4 is 10.6 Å². The predicted molar refractivity (Wildman–Crippen MR) is 77.6 cm³/mol. The van der Waals surface area contributed by atoms with Crippen molar-refractivity contribution in [3.63, 3.8) is 0 Å². The fourth-order valence-corrected chi connectivity index (χ4v) is 1.91. The summed E-state index contributed by atoms with van der Waals surface area (Å²) in [6, 6.07) is 6.77. The van der Waals surface area contributed by atoms with Gasteiger partial charge in [-0.2, -0.15) is 0 Å². The molecule has 2 N–H and O–H groups in total. The number of nitrogens with zero attached hydrogens (tertiary/aromatic N) is 1. The van der Waals surface area contributed by atoms with Gasteiger partial charge in [0.05, 0.1) is 6.54 Å². The van der Waals surface area contributed by atoms with E-state index in [1.54, 1.807) is 12.1 Å². The van der Waals surface area contributed by atoms with Crippen LogP contribution in [0.3, 0.4) is 0 Å². The maximum atomic E-state index is 13.8. The molecule has 0 unspecified atom stereocenters. The Morgan fingerprint density at radius 3 is 2.68 bits per heavy atom. The minimum Gasteiger partial charge on any atom is -0.383 e. The highest BCUT2D eigenvalue weighted by Crippen LogP contribution is 2.16. The molecule has 19 heavy (non-hydrogen) atoms. The first-order valence-corrected chi connectivity index (χ1v) is 6.49. The van der Waals surface area contributed by atoms with Crippen LogP contribution in [0.1, 0.15) is 26.3 Å². The third-order valence-electron chi connectivity index (χ3n) is 2.66. The molecule has 0 atom stereocenters. The lowest BCUT2D eigenvalue weighted by atomic mass is 10.1. The summed E-state index contributed by atoms with van der Waals surface area (Å²) in [6.07, 6.45) is 1.87. The van der Waals surface area contributed by atoms with E-state index < -0.39 is 0 Å². The predicted octanol–water partition coefficient (Wildman–Crippen LogP) is 2.56. The summed E-state index contributed by atoms with van der Waals surface area (Å²) in [4.78, 5) is 4.46. The Morgan fingerprint density at radius 2 is 2.00 bits per heavy atom. The zero-order valence-electron chi connectivity index (χ0n) is 11.6. The second kappa shape index (κ2) is 5.43. The Kier molecular flexibility index (Phi) is 3.88. The third kappa shape index (κ3) is 3.81. The molecule has 1 aliphatic heterocycles. The van der Waals surface area contributed by atoms with E-state index in [0.29, 0.717) is 18.7 Å². The van der Waals surface area contributed by atoms with Gasteiger partial charge in [-0.25, -0.2) is 4.39 Å². The van der Waals surface area contributed by atoms with E-state index in [9.17, 15) is 4.39 Å². The second-order valence-electron chi connectivity index (χ2n) is 5.61. The van der Waals surface area contributed by atoms with Gasteiger partial charge in [-0.05, 0) is 32.9 Å². The lowest BCUT2D eigenvalue weighted by molar-refractivity contribution is 0.512. The van der Waals surface area contributed by atoms with E-state index in [0.717, 1.165) is 11.5 Å². The maximum Gasteiger partial charge on any atom is 0.132 e. The van der Waals surface area contributed by atoms with Gasteiger partial charge in [-0.3, -0.25) is 4.99 Å². The molecule has 4 heteroatoms. The highest BCUT2D eigenvalue weighted by molar-refractivity contribution is 5.99. The van der Waals surface area contributed by atoms with Crippen LogP contribution in [-0.4, -0.2) is 24.5 Å². The molecule has 1 heterocycles. The van der Waals surface area contributed by atoms with Crippen LogP contribution in [0.2, 0.25) is 0 Å². The smallest absolute Gasteiger partial charge is 0.132 e. The number of halogens is 1. The molecule has 0 aromatic heterocycles. The summed E-state index contributed by atoms with van der Waals surface area (Å²) >= 11 is 0. The summed E-state index contributed by atoms with van der Waals surface area (Å²) in [7, 11) is 0. The van der Waals surface area contributed by atoms with Crippen molar-refractivity contribution in [1.82, 2.24) is 10.6 Å². The normalized spacial score (nSPS) is 16.0. The van der Waals surface area contributed by atoms with E-state index >= 15 is 0 Å². The molecule has 0 spiro atoms. The zero-order chi connectivity index (χ0) is 13.9. The minimum atomic E-state index is -0.224. The fourth-order valence-electron chi connectivity index (χ4n) is 1.91. The molecule has 3 nitrogen and oxygen atoms in total. The molecule has 0 aliphatic carbocycles. The lowest BCUT2D eigenvalue weighted by Crippen LogP contribution is -2.40. The van der Waals surface area contributed by atoms with Crippen molar-refractivity contribution >= 4 is 11.5 Å². The summed E-state index contributed by atoms with van der Waals surface area (Å²) in [5.41, 5.74) is 1.28. The lowest BCUT2D eigenvalue weighted by Gasteiger charge is -2.22. The SMILES string of the molecule is CC(C)(C)NC1=NCCNC(c2ccccc2F)=C1. The van der Waals surface area contributed by atoms with Crippen LogP contribution in [0.4, 0.5) is 4.39 Å². The Balaban J connectivity index is 2.30. The van der Waals surface area contributed by atoms with Gasteiger partial charge in [0.25, 0.3) is 0 Å². The van der Waals surface area contributed by atoms with Crippen molar-refractivity contribution in [2.24, 2.45) is 4.99 Å². The van der Waals surface area contributed by atoms with Gasteiger partial charge in [0.1, 0.15) is 11.7 Å². The van der Waals surface area contributed by atoms with Crippen molar-refractivity contribution in [1.29, 1.82) is 0 Å². The number of aliphatic imine (C=N–C) groups is 1. The monoisotopic (exact) mass is 261 g/mol. The van der Waals surface area contributed by atoms with Crippen LogP contribution in [0.15, 0.2) is 35.3 Å². The number of rotatable bonds is 1. The molecule has 0 amide bonds. The number of hydrogen-bond acceptors (Lipinski definition) is 3. The third-order valence-corrected chi connectivity index (χ3v) is 2.66. The summed E-state index contributed by atoms with van der Waals surface area (Å²) in [6.45, 7) is 7.60. The Labute approximate surface area is 113 Å². The average Bonchev–Trinajstić information content (AvgIpc) is 2.53. The van der Waals surface area contributed by atoms with Crippen LogP contribution in [0.25, 0.3) is 5.70 Å². The first kappa shape index (κ1) is 13.6. The standard InChI is InChI=1S/C15H20FN3/c1-15(2,3)19-14-10-13(17-8-9-18-14)11-6-4-5-7-12(11)16/h4-7,10,17H,8-9H2,1-3H3,(H,18,19). The van der Waals surface area contributed by atoms with Gasteiger partial charge in [0.15, 0.2) is 0 Å². The molecular formula is C15H20FN3. The van der Waals surface area contributed by atoms with Crippen molar-refractivity contribution in [2.75, 3.05) is 13.1 Å².